The molecule has 17 heteroatoms. The third kappa shape index (κ3) is 9.53. The molecular formula is C19H32N2O11S4. The number of amides is 1. The van der Waals surface area contributed by atoms with Crippen LogP contribution in [-0.2, 0) is 52.7 Å². The number of nitrogens with one attached hydrogen (secondary N) is 1. The smallest absolute Gasteiger partial charge is 0.328 e. The predicted molar refractivity (Wildman–Crippen MR) is 134 cm³/mol. The quantitative estimate of drug-likeness (QED) is 0.0961. The van der Waals surface area contributed by atoms with Crippen molar-refractivity contribution in [3.63, 3.8) is 0 Å². The minimum Gasteiger partial charge on any atom is -0.456 e. The fourth-order valence-electron chi connectivity index (χ4n) is 3.26. The van der Waals surface area contributed by atoms with E-state index in [1.807, 2.05) is 0 Å². The first kappa shape index (κ1) is 32.7. The monoisotopic (exact) mass is 592 g/mol. The highest BCUT2D eigenvalue weighted by Gasteiger charge is 2.51. The average Bonchev–Trinajstić information content (AvgIpc) is 3.30. The third-order valence-corrected chi connectivity index (χ3v) is 10.0. The van der Waals surface area contributed by atoms with Gasteiger partial charge in [0.2, 0.25) is 5.91 Å². The summed E-state index contributed by atoms with van der Waals surface area (Å²) in [5.41, 5.74) is 6.62. The second-order valence-corrected chi connectivity index (χ2v) is 14.0. The zero-order valence-corrected chi connectivity index (χ0v) is 22.9. The minimum absolute atomic E-state index is 0.0536. The fourth-order valence-corrected chi connectivity index (χ4v) is 6.55. The first-order valence-electron chi connectivity index (χ1n) is 10.6. The van der Waals surface area contributed by atoms with Crippen LogP contribution in [-0.4, -0.2) is 95.5 Å². The van der Waals surface area contributed by atoms with Gasteiger partial charge in [0.05, 0.1) is 19.0 Å². The van der Waals surface area contributed by atoms with E-state index < -0.39 is 104 Å². The van der Waals surface area contributed by atoms with E-state index in [1.165, 1.54) is 18.3 Å². The molecule has 1 rings (SSSR count). The summed E-state index contributed by atoms with van der Waals surface area (Å²) in [5, 5.41) is 23.9. The number of thiophene rings is 1. The zero-order chi connectivity index (χ0) is 27.7. The predicted octanol–water partition coefficient (Wildman–Crippen LogP) is -1.40. The molecule has 0 bridgehead atoms. The van der Waals surface area contributed by atoms with E-state index in [2.05, 4.69) is 5.32 Å². The van der Waals surface area contributed by atoms with E-state index in [0.29, 0.717) is 5.56 Å². The molecule has 0 aromatic carbocycles. The molecule has 7 N–H and O–H groups in total. The second-order valence-electron chi connectivity index (χ2n) is 8.23. The van der Waals surface area contributed by atoms with Crippen molar-refractivity contribution in [2.45, 2.75) is 48.5 Å². The number of carbonyl (C=O) groups excluding carboxylic acids is 2. The maximum Gasteiger partial charge on any atom is 0.328 e. The number of rotatable bonds is 16. The van der Waals surface area contributed by atoms with Crippen molar-refractivity contribution in [3.05, 3.63) is 22.4 Å². The van der Waals surface area contributed by atoms with E-state index in [0.717, 1.165) is 6.26 Å². The van der Waals surface area contributed by atoms with E-state index in [4.69, 9.17) is 20.7 Å². The molecule has 0 saturated carbocycles. The van der Waals surface area contributed by atoms with Gasteiger partial charge in [-0.2, -0.15) is 11.3 Å². The van der Waals surface area contributed by atoms with Gasteiger partial charge in [0.1, 0.15) is 22.0 Å². The lowest BCUT2D eigenvalue weighted by molar-refractivity contribution is -0.156. The molecule has 13 nitrogen and oxygen atoms in total. The van der Waals surface area contributed by atoms with Gasteiger partial charge in [0, 0.05) is 18.2 Å². The average molecular weight is 593 g/mol. The molecule has 5 unspecified atom stereocenters. The Kier molecular flexibility index (Phi) is 13.3. The molecule has 1 amide bonds. The van der Waals surface area contributed by atoms with E-state index >= 15 is 0 Å². The van der Waals surface area contributed by atoms with Gasteiger partial charge in [-0.15, -0.1) is 0 Å². The molecule has 1 aromatic rings. The molecule has 0 saturated heterocycles. The highest BCUT2D eigenvalue weighted by molar-refractivity contribution is 7.99. The van der Waals surface area contributed by atoms with Crippen LogP contribution in [0.25, 0.3) is 0 Å². The molecule has 1 heterocycles. The number of ether oxygens (including phenoxy) is 1. The molecule has 36 heavy (non-hydrogen) atoms. The molecule has 0 aliphatic carbocycles. The topological polar surface area (TPSA) is 231 Å². The molecule has 0 radical (unpaired) electrons. The van der Waals surface area contributed by atoms with Crippen molar-refractivity contribution in [3.8, 4) is 0 Å². The van der Waals surface area contributed by atoms with Crippen molar-refractivity contribution in [2.24, 2.45) is 11.7 Å². The van der Waals surface area contributed by atoms with Crippen LogP contribution in [0.3, 0.4) is 0 Å². The number of nitrogens with two attached hydrogens (primary N) is 1. The summed E-state index contributed by atoms with van der Waals surface area (Å²) < 4.78 is 70.4. The summed E-state index contributed by atoms with van der Waals surface area (Å²) in [6.45, 7) is -0.0302. The van der Waals surface area contributed by atoms with Crippen LogP contribution in [0, 0.1) is 5.92 Å². The lowest BCUT2D eigenvalue weighted by Crippen LogP contribution is -2.57. The van der Waals surface area contributed by atoms with Gasteiger partial charge in [0.25, 0.3) is 0 Å². The highest BCUT2D eigenvalue weighted by Crippen LogP contribution is 2.33. The molecular weight excluding hydrogens is 560 g/mol. The third-order valence-electron chi connectivity index (χ3n) is 5.32. The summed E-state index contributed by atoms with van der Waals surface area (Å²) >= 11 is -4.82. The van der Waals surface area contributed by atoms with Crippen LogP contribution in [0.15, 0.2) is 16.8 Å². The molecule has 0 aliphatic rings. The van der Waals surface area contributed by atoms with Gasteiger partial charge in [0.15, 0.2) is 26.2 Å². The van der Waals surface area contributed by atoms with E-state index in [9.17, 15) is 35.5 Å². The van der Waals surface area contributed by atoms with E-state index in [-0.39, 0.29) is 6.42 Å². The van der Waals surface area contributed by atoms with Crippen LogP contribution >= 0.6 is 11.3 Å². The van der Waals surface area contributed by atoms with Crippen molar-refractivity contribution in [1.82, 2.24) is 5.32 Å². The Balaban J connectivity index is 3.28. The van der Waals surface area contributed by atoms with Gasteiger partial charge < -0.3 is 35.1 Å². The Bertz CT molecular complexity index is 999. The number of aliphatic hydroxyl groups is 2. The molecule has 208 valence electrons. The van der Waals surface area contributed by atoms with Crippen molar-refractivity contribution < 1.29 is 50.5 Å². The summed E-state index contributed by atoms with van der Waals surface area (Å²) in [6, 6.07) is -1.15. The first-order chi connectivity index (χ1) is 16.7. The van der Waals surface area contributed by atoms with Gasteiger partial charge in [-0.25, -0.2) is 21.6 Å². The molecule has 1 aromatic heterocycles. The summed E-state index contributed by atoms with van der Waals surface area (Å²) in [7, 11) is -3.56. The van der Waals surface area contributed by atoms with Crippen molar-refractivity contribution in [1.29, 1.82) is 0 Å². The van der Waals surface area contributed by atoms with Gasteiger partial charge >= 0.3 is 5.97 Å². The van der Waals surface area contributed by atoms with Gasteiger partial charge in [-0.3, -0.25) is 4.79 Å². The summed E-state index contributed by atoms with van der Waals surface area (Å²) in [4.78, 5) is 25.4. The minimum atomic E-state index is -3.56. The van der Waals surface area contributed by atoms with Crippen LogP contribution in [0.5, 0.6) is 0 Å². The van der Waals surface area contributed by atoms with E-state index in [1.54, 1.807) is 16.8 Å². The molecule has 0 aliphatic heterocycles. The number of hydrogen-bond donors (Lipinski definition) is 6. The van der Waals surface area contributed by atoms with Crippen molar-refractivity contribution in [2.75, 3.05) is 25.2 Å². The van der Waals surface area contributed by atoms with Gasteiger partial charge in [-0.05, 0) is 48.6 Å². The maximum absolute atomic E-state index is 13.2. The summed E-state index contributed by atoms with van der Waals surface area (Å²) in [5.74, 6) is -3.56. The van der Waals surface area contributed by atoms with Crippen LogP contribution in [0.4, 0.5) is 0 Å². The highest BCUT2D eigenvalue weighted by atomic mass is 32.3. The lowest BCUT2D eigenvalue weighted by atomic mass is 9.91. The lowest BCUT2D eigenvalue weighted by Gasteiger charge is -2.35. The Morgan fingerprint density at radius 1 is 1.22 bits per heavy atom. The Morgan fingerprint density at radius 2 is 1.81 bits per heavy atom. The SMILES string of the molecule is CC(NC(=O)C(Cc1ccsc1)CC(C(N)CCS(C)(=O)=O)(S(=O)O)S(=O)O)C(=O)OC(CO)CO. The van der Waals surface area contributed by atoms with Crippen LogP contribution in [0.2, 0.25) is 0 Å². The number of hydrogen-bond acceptors (Lipinski definition) is 11. The first-order valence-corrected chi connectivity index (χ1v) is 15.8. The van der Waals surface area contributed by atoms with Crippen molar-refractivity contribution >= 4 is 55.2 Å². The zero-order valence-electron chi connectivity index (χ0n) is 19.6. The fraction of sp³-hybridized carbons (Fsp3) is 0.684. The van der Waals surface area contributed by atoms with Crippen LogP contribution in [0.1, 0.15) is 25.3 Å². The number of esters is 1. The van der Waals surface area contributed by atoms with Crippen LogP contribution < -0.4 is 11.1 Å². The molecule has 5 atom stereocenters. The number of carbonyl (C=O) groups is 2. The Labute approximate surface area is 218 Å². The largest absolute Gasteiger partial charge is 0.456 e. The molecule has 0 spiro atoms. The Hall–Kier alpha value is -1.31. The standard InChI is InChI=1S/C19H32N2O11S4/c1-12(18(25)32-15(9-22)10-23)21-17(24)14(7-13-3-5-33-11-13)8-19(34(26)27,35(28)29)16(20)4-6-36(2,30)31/h3,5,11-12,14-16,22-23H,4,6-10,20H2,1-2H3,(H,21,24)(H,26,27)(H,28,29). The normalized spacial score (nSPS) is 18.0. The Morgan fingerprint density at radius 3 is 2.25 bits per heavy atom. The van der Waals surface area contributed by atoms with Gasteiger partial charge in [-0.1, -0.05) is 0 Å². The number of aliphatic hydroxyl groups excluding tert-OH is 2. The molecule has 0 fully saturated rings. The number of sulfone groups is 1. The second kappa shape index (κ2) is 14.6. The maximum atomic E-state index is 13.2. The summed E-state index contributed by atoms with van der Waals surface area (Å²) in [6.07, 6.45) is -1.45.